The van der Waals surface area contributed by atoms with Crippen molar-refractivity contribution >= 4 is 24.0 Å². The Balaban J connectivity index is 1.88. The second-order valence-electron chi connectivity index (χ2n) is 8.99. The van der Waals surface area contributed by atoms with Gasteiger partial charge in [-0.15, -0.1) is 0 Å². The first-order valence-corrected chi connectivity index (χ1v) is 11.8. The van der Waals surface area contributed by atoms with Crippen LogP contribution in [0, 0.1) is 12.8 Å². The maximum Gasteiger partial charge on any atom is 0.310 e. The van der Waals surface area contributed by atoms with Crippen molar-refractivity contribution < 1.29 is 14.3 Å². The Morgan fingerprint density at radius 1 is 1.15 bits per heavy atom. The van der Waals surface area contributed by atoms with Crippen molar-refractivity contribution in [2.24, 2.45) is 15.9 Å². The van der Waals surface area contributed by atoms with Crippen LogP contribution in [0.25, 0.3) is 0 Å². The van der Waals surface area contributed by atoms with Gasteiger partial charge >= 0.3 is 5.97 Å². The molecule has 7 heteroatoms. The molecule has 7 nitrogen and oxygen atoms in total. The monoisotopic (exact) mass is 464 g/mol. The summed E-state index contributed by atoms with van der Waals surface area (Å²) < 4.78 is 10.8. The summed E-state index contributed by atoms with van der Waals surface area (Å²) in [5, 5.41) is 0. The molecule has 0 amide bonds. The molecule has 1 atom stereocenters. The highest BCUT2D eigenvalue weighted by Gasteiger charge is 2.23. The van der Waals surface area contributed by atoms with Gasteiger partial charge in [-0.3, -0.25) is 4.79 Å². The molecule has 1 heterocycles. The number of carbonyl (C=O) groups excluding carboxylic acids is 1. The Kier molecular flexibility index (Phi) is 8.68. The minimum absolute atomic E-state index is 0.119. The van der Waals surface area contributed by atoms with Gasteiger partial charge in [0.25, 0.3) is 0 Å². The van der Waals surface area contributed by atoms with Gasteiger partial charge < -0.3 is 19.3 Å². The quantitative estimate of drug-likeness (QED) is 0.492. The van der Waals surface area contributed by atoms with Crippen LogP contribution in [0.15, 0.2) is 52.4 Å². The zero-order valence-electron chi connectivity index (χ0n) is 21.1. The number of benzene rings is 2. The molecule has 0 fully saturated rings. The first-order valence-electron chi connectivity index (χ1n) is 11.8. The Morgan fingerprint density at radius 2 is 1.88 bits per heavy atom. The van der Waals surface area contributed by atoms with E-state index in [9.17, 15) is 4.79 Å². The molecule has 0 radical (unpaired) electrons. The third-order valence-electron chi connectivity index (χ3n) is 5.59. The van der Waals surface area contributed by atoms with Crippen LogP contribution < -0.4 is 4.74 Å². The van der Waals surface area contributed by atoms with E-state index in [1.165, 1.54) is 18.2 Å². The highest BCUT2D eigenvalue weighted by Crippen LogP contribution is 2.27. The lowest BCUT2D eigenvalue weighted by molar-refractivity contribution is -0.145. The normalized spacial score (nSPS) is 15.7. The molecule has 0 aliphatic carbocycles. The zero-order chi connectivity index (χ0) is 24.7. The Labute approximate surface area is 203 Å². The lowest BCUT2D eigenvalue weighted by Gasteiger charge is -2.34. The van der Waals surface area contributed by atoms with E-state index in [2.05, 4.69) is 54.1 Å². The molecule has 0 unspecified atom stereocenters. The molecule has 2 aromatic carbocycles. The molecule has 0 saturated carbocycles. The number of hydrogen-bond donors (Lipinski definition) is 0. The molecule has 34 heavy (non-hydrogen) atoms. The van der Waals surface area contributed by atoms with Crippen molar-refractivity contribution in [1.29, 1.82) is 0 Å². The Bertz CT molecular complexity index is 1030. The molecule has 1 aliphatic heterocycles. The van der Waals surface area contributed by atoms with E-state index >= 15 is 0 Å². The van der Waals surface area contributed by atoms with Crippen molar-refractivity contribution in [3.63, 3.8) is 0 Å². The molecule has 1 aliphatic rings. The number of aryl methyl sites for hydroxylation is 2. The summed E-state index contributed by atoms with van der Waals surface area (Å²) in [5.74, 6) is 1.06. The first kappa shape index (κ1) is 25.3. The lowest BCUT2D eigenvalue weighted by atomic mass is 10.1. The van der Waals surface area contributed by atoms with Gasteiger partial charge in [-0.1, -0.05) is 43.7 Å². The SMILES string of the molecule is CCc1cc(N=C2N=CN(C[C@H](C)C(=O)OC)CN2Cc2ccc(C)cc2)ccc1OC(C)C. The smallest absolute Gasteiger partial charge is 0.310 e. The minimum Gasteiger partial charge on any atom is -0.491 e. The number of aliphatic imine (C=N–C) groups is 2. The summed E-state index contributed by atoms with van der Waals surface area (Å²) in [6.07, 6.45) is 2.74. The van der Waals surface area contributed by atoms with Crippen molar-refractivity contribution in [1.82, 2.24) is 9.80 Å². The van der Waals surface area contributed by atoms with Crippen LogP contribution in [-0.4, -0.2) is 54.5 Å². The molecule has 3 rings (SSSR count). The lowest BCUT2D eigenvalue weighted by Crippen LogP contribution is -2.46. The van der Waals surface area contributed by atoms with Crippen LogP contribution in [0.5, 0.6) is 5.75 Å². The predicted molar refractivity (Wildman–Crippen MR) is 137 cm³/mol. The molecule has 0 bridgehead atoms. The summed E-state index contributed by atoms with van der Waals surface area (Å²) >= 11 is 0. The number of esters is 1. The van der Waals surface area contributed by atoms with Crippen molar-refractivity contribution in [3.8, 4) is 5.75 Å². The molecule has 0 spiro atoms. The fourth-order valence-corrected chi connectivity index (χ4v) is 3.80. The van der Waals surface area contributed by atoms with Gasteiger partial charge in [0.05, 0.1) is 37.8 Å². The van der Waals surface area contributed by atoms with Gasteiger partial charge in [0.2, 0.25) is 5.96 Å². The number of ether oxygens (including phenoxy) is 2. The second-order valence-corrected chi connectivity index (χ2v) is 8.99. The van der Waals surface area contributed by atoms with Crippen molar-refractivity contribution in [2.75, 3.05) is 20.3 Å². The summed E-state index contributed by atoms with van der Waals surface area (Å²) in [6.45, 7) is 11.9. The van der Waals surface area contributed by atoms with Gasteiger partial charge in [0.1, 0.15) is 5.75 Å². The van der Waals surface area contributed by atoms with Gasteiger partial charge in [-0.25, -0.2) is 9.98 Å². The summed E-state index contributed by atoms with van der Waals surface area (Å²) in [7, 11) is 1.42. The van der Waals surface area contributed by atoms with E-state index in [1.807, 2.05) is 37.8 Å². The molecule has 0 N–H and O–H groups in total. The van der Waals surface area contributed by atoms with Gasteiger partial charge in [0.15, 0.2) is 0 Å². The fourth-order valence-electron chi connectivity index (χ4n) is 3.80. The molecule has 0 saturated heterocycles. The molecular formula is C27H36N4O3. The van der Waals surface area contributed by atoms with Crippen LogP contribution in [-0.2, 0) is 22.5 Å². The standard InChI is InChI=1S/C27H36N4O3/c1-7-23-14-24(12-13-25(23)34-19(2)3)29-27-28-17-30(15-21(5)26(32)33-6)18-31(27)16-22-10-8-20(4)9-11-22/h8-14,17,19,21H,7,15-16,18H2,1-6H3/t21-/m0/s1. The highest BCUT2D eigenvalue weighted by molar-refractivity contribution is 5.91. The second kappa shape index (κ2) is 11.7. The molecule has 2 aromatic rings. The van der Waals surface area contributed by atoms with E-state index < -0.39 is 0 Å². The van der Waals surface area contributed by atoms with E-state index in [-0.39, 0.29) is 18.0 Å². The maximum absolute atomic E-state index is 11.9. The summed E-state index contributed by atoms with van der Waals surface area (Å²) in [5.41, 5.74) is 4.35. The number of carbonyl (C=O) groups is 1. The number of hydrogen-bond acceptors (Lipinski definition) is 5. The fraction of sp³-hybridized carbons (Fsp3) is 0.444. The van der Waals surface area contributed by atoms with Crippen LogP contribution >= 0.6 is 0 Å². The first-order chi connectivity index (χ1) is 16.3. The molecule has 182 valence electrons. The average Bonchev–Trinajstić information content (AvgIpc) is 2.82. The van der Waals surface area contributed by atoms with Gasteiger partial charge in [-0.05, 0) is 56.5 Å². The van der Waals surface area contributed by atoms with E-state index in [0.717, 1.165) is 23.4 Å². The summed E-state index contributed by atoms with van der Waals surface area (Å²) in [6, 6.07) is 14.5. The number of guanidine groups is 1. The van der Waals surface area contributed by atoms with Crippen molar-refractivity contribution in [3.05, 3.63) is 59.2 Å². The third kappa shape index (κ3) is 6.83. The van der Waals surface area contributed by atoms with Crippen molar-refractivity contribution in [2.45, 2.75) is 53.7 Å². The van der Waals surface area contributed by atoms with E-state index in [4.69, 9.17) is 14.5 Å². The van der Waals surface area contributed by atoms with Crippen LogP contribution in [0.4, 0.5) is 5.69 Å². The highest BCUT2D eigenvalue weighted by atomic mass is 16.5. The van der Waals surface area contributed by atoms with Crippen LogP contribution in [0.2, 0.25) is 0 Å². The number of nitrogens with zero attached hydrogens (tertiary/aromatic N) is 4. The molecule has 0 aromatic heterocycles. The van der Waals surface area contributed by atoms with Gasteiger partial charge in [0, 0.05) is 13.1 Å². The average molecular weight is 465 g/mol. The predicted octanol–water partition coefficient (Wildman–Crippen LogP) is 4.94. The Hall–Kier alpha value is -3.35. The molecular weight excluding hydrogens is 428 g/mol. The van der Waals surface area contributed by atoms with E-state index in [1.54, 1.807) is 6.34 Å². The topological polar surface area (TPSA) is 66.7 Å². The maximum atomic E-state index is 11.9. The zero-order valence-corrected chi connectivity index (χ0v) is 21.1. The van der Waals surface area contributed by atoms with Crippen LogP contribution in [0.1, 0.15) is 44.4 Å². The summed E-state index contributed by atoms with van der Waals surface area (Å²) in [4.78, 5) is 25.6. The third-order valence-corrected chi connectivity index (χ3v) is 5.59. The van der Waals surface area contributed by atoms with E-state index in [0.29, 0.717) is 25.7 Å². The minimum atomic E-state index is -0.253. The Morgan fingerprint density at radius 3 is 2.53 bits per heavy atom. The number of rotatable bonds is 9. The number of methoxy groups -OCH3 is 1. The van der Waals surface area contributed by atoms with Crippen LogP contribution in [0.3, 0.4) is 0 Å². The van der Waals surface area contributed by atoms with Gasteiger partial charge in [-0.2, -0.15) is 0 Å². The largest absolute Gasteiger partial charge is 0.491 e.